The van der Waals surface area contributed by atoms with E-state index in [2.05, 4.69) is 26.8 Å². The van der Waals surface area contributed by atoms with E-state index < -0.39 is 0 Å². The van der Waals surface area contributed by atoms with Gasteiger partial charge in [-0.05, 0) is 24.3 Å². The van der Waals surface area contributed by atoms with Crippen molar-refractivity contribution in [3.05, 3.63) is 69.8 Å². The van der Waals surface area contributed by atoms with Gasteiger partial charge < -0.3 is 9.40 Å². The molecule has 1 aliphatic rings. The maximum Gasteiger partial charge on any atom is 0.255 e. The summed E-state index contributed by atoms with van der Waals surface area (Å²) >= 11 is 0. The molecular weight excluding hydrogens is 316 g/mol. The predicted molar refractivity (Wildman–Crippen MR) is 94.0 cm³/mol. The lowest BCUT2D eigenvalue weighted by molar-refractivity contribution is 0.221. The number of hydrogen-bond acceptors (Lipinski definition) is 5. The molecular formula is C19H20N4O2. The van der Waals surface area contributed by atoms with Crippen LogP contribution in [0.4, 0.5) is 0 Å². The summed E-state index contributed by atoms with van der Waals surface area (Å²) in [6, 6.07) is 7.77. The van der Waals surface area contributed by atoms with Gasteiger partial charge >= 0.3 is 0 Å². The maximum atomic E-state index is 12.5. The highest BCUT2D eigenvalue weighted by molar-refractivity contribution is 5.53. The van der Waals surface area contributed by atoms with Gasteiger partial charge in [-0.2, -0.15) is 0 Å². The van der Waals surface area contributed by atoms with Crippen LogP contribution in [-0.4, -0.2) is 26.4 Å². The van der Waals surface area contributed by atoms with Crippen molar-refractivity contribution in [2.24, 2.45) is 0 Å². The van der Waals surface area contributed by atoms with Crippen molar-refractivity contribution in [2.45, 2.75) is 32.9 Å². The highest BCUT2D eigenvalue weighted by atomic mass is 16.3. The van der Waals surface area contributed by atoms with Crippen molar-refractivity contribution in [2.75, 3.05) is 6.54 Å². The first kappa shape index (κ1) is 15.8. The van der Waals surface area contributed by atoms with Gasteiger partial charge in [0.1, 0.15) is 17.3 Å². The number of aromatic nitrogens is 3. The Morgan fingerprint density at radius 2 is 2.16 bits per heavy atom. The van der Waals surface area contributed by atoms with Crippen molar-refractivity contribution in [1.82, 2.24) is 19.9 Å². The van der Waals surface area contributed by atoms with E-state index in [0.717, 1.165) is 47.7 Å². The number of rotatable bonds is 4. The number of nitrogens with one attached hydrogen (secondary N) is 1. The Morgan fingerprint density at radius 3 is 2.92 bits per heavy atom. The Morgan fingerprint density at radius 1 is 1.28 bits per heavy atom. The average Bonchev–Trinajstić information content (AvgIpc) is 3.10. The zero-order valence-corrected chi connectivity index (χ0v) is 14.2. The van der Waals surface area contributed by atoms with Crippen LogP contribution < -0.4 is 5.56 Å². The molecule has 6 nitrogen and oxygen atoms in total. The predicted octanol–water partition coefficient (Wildman–Crippen LogP) is 2.55. The Hall–Kier alpha value is -2.73. The number of H-pyrrole nitrogens is 1. The van der Waals surface area contributed by atoms with Gasteiger partial charge in [-0.3, -0.25) is 14.7 Å². The lowest BCUT2D eigenvalue weighted by atomic mass is 10.1. The highest BCUT2D eigenvalue weighted by Gasteiger charge is 2.22. The molecule has 0 saturated heterocycles. The second-order valence-electron chi connectivity index (χ2n) is 6.26. The summed E-state index contributed by atoms with van der Waals surface area (Å²) in [5.74, 6) is 2.52. The highest BCUT2D eigenvalue weighted by Crippen LogP contribution is 2.20. The van der Waals surface area contributed by atoms with Crippen LogP contribution in [0.3, 0.4) is 0 Å². The fourth-order valence-corrected chi connectivity index (χ4v) is 3.17. The van der Waals surface area contributed by atoms with Gasteiger partial charge in [-0.1, -0.05) is 6.92 Å². The second-order valence-corrected chi connectivity index (χ2v) is 6.26. The summed E-state index contributed by atoms with van der Waals surface area (Å²) < 4.78 is 5.78. The third-order valence-corrected chi connectivity index (χ3v) is 4.53. The molecule has 0 fully saturated rings. The molecule has 0 radical (unpaired) electrons. The standard InChI is InChI=1S/C19H20N4O2/c1-2-14-5-6-15(25-14)11-23-9-7-17-16(12-23)19(24)22-18(21-17)13-4-3-8-20-10-13/h3-6,8,10H,2,7,9,11-12H2,1H3,(H,21,22,24). The third kappa shape index (κ3) is 3.25. The summed E-state index contributed by atoms with van der Waals surface area (Å²) in [6.07, 6.45) is 5.07. The van der Waals surface area contributed by atoms with Crippen LogP contribution in [-0.2, 0) is 25.9 Å². The summed E-state index contributed by atoms with van der Waals surface area (Å²) in [5.41, 5.74) is 2.39. The molecule has 0 aromatic carbocycles. The maximum absolute atomic E-state index is 12.5. The first-order valence-corrected chi connectivity index (χ1v) is 8.55. The molecule has 0 atom stereocenters. The van der Waals surface area contributed by atoms with E-state index in [-0.39, 0.29) is 5.56 Å². The SMILES string of the molecule is CCc1ccc(CN2CCc3nc(-c4cccnc4)[nH]c(=O)c3C2)o1. The fourth-order valence-electron chi connectivity index (χ4n) is 3.17. The van der Waals surface area contributed by atoms with E-state index >= 15 is 0 Å². The van der Waals surface area contributed by atoms with Crippen LogP contribution in [0, 0.1) is 0 Å². The number of fused-ring (bicyclic) bond motifs is 1. The summed E-state index contributed by atoms with van der Waals surface area (Å²) in [6.45, 7) is 4.24. The minimum Gasteiger partial charge on any atom is -0.465 e. The van der Waals surface area contributed by atoms with Gasteiger partial charge in [0, 0.05) is 43.9 Å². The second kappa shape index (κ2) is 6.64. The Labute approximate surface area is 145 Å². The van der Waals surface area contributed by atoms with Crippen molar-refractivity contribution in [3.8, 4) is 11.4 Å². The molecule has 1 aliphatic heterocycles. The number of aromatic amines is 1. The van der Waals surface area contributed by atoms with Crippen LogP contribution in [0.2, 0.25) is 0 Å². The van der Waals surface area contributed by atoms with Crippen molar-refractivity contribution < 1.29 is 4.42 Å². The molecule has 4 rings (SSSR count). The summed E-state index contributed by atoms with van der Waals surface area (Å²) in [7, 11) is 0. The van der Waals surface area contributed by atoms with Crippen LogP contribution in [0.25, 0.3) is 11.4 Å². The minimum absolute atomic E-state index is 0.0674. The van der Waals surface area contributed by atoms with Crippen molar-refractivity contribution in [1.29, 1.82) is 0 Å². The molecule has 0 unspecified atom stereocenters. The van der Waals surface area contributed by atoms with Gasteiger partial charge in [0.05, 0.1) is 17.8 Å². The molecule has 6 heteroatoms. The van der Waals surface area contributed by atoms with Gasteiger partial charge in [-0.25, -0.2) is 4.98 Å². The van der Waals surface area contributed by atoms with Gasteiger partial charge in [0.15, 0.2) is 0 Å². The Kier molecular flexibility index (Phi) is 4.19. The van der Waals surface area contributed by atoms with Gasteiger partial charge in [-0.15, -0.1) is 0 Å². The molecule has 4 heterocycles. The molecule has 0 amide bonds. The van der Waals surface area contributed by atoms with Crippen molar-refractivity contribution >= 4 is 0 Å². The van der Waals surface area contributed by atoms with E-state index in [1.165, 1.54) is 0 Å². The third-order valence-electron chi connectivity index (χ3n) is 4.53. The molecule has 0 saturated carbocycles. The lowest BCUT2D eigenvalue weighted by Gasteiger charge is -2.26. The molecule has 1 N–H and O–H groups in total. The Bertz CT molecular complexity index is 930. The van der Waals surface area contributed by atoms with Gasteiger partial charge in [0.2, 0.25) is 0 Å². The molecule has 3 aromatic rings. The number of furan rings is 1. The normalized spacial score (nSPS) is 14.4. The zero-order chi connectivity index (χ0) is 17.2. The largest absolute Gasteiger partial charge is 0.465 e. The summed E-state index contributed by atoms with van der Waals surface area (Å²) in [5, 5.41) is 0. The smallest absolute Gasteiger partial charge is 0.255 e. The van der Waals surface area contributed by atoms with Crippen LogP contribution >= 0.6 is 0 Å². The fraction of sp³-hybridized carbons (Fsp3) is 0.316. The quantitative estimate of drug-likeness (QED) is 0.792. The first-order chi connectivity index (χ1) is 12.2. The van der Waals surface area contributed by atoms with Crippen LogP contribution in [0.1, 0.15) is 29.7 Å². The molecule has 3 aromatic heterocycles. The molecule has 128 valence electrons. The lowest BCUT2D eigenvalue weighted by Crippen LogP contribution is -2.35. The van der Waals surface area contributed by atoms with E-state index in [4.69, 9.17) is 4.42 Å². The number of hydrogen-bond donors (Lipinski definition) is 1. The molecule has 25 heavy (non-hydrogen) atoms. The van der Waals surface area contributed by atoms with E-state index in [9.17, 15) is 4.79 Å². The number of nitrogens with zero attached hydrogens (tertiary/aromatic N) is 3. The molecule has 0 spiro atoms. The number of pyridine rings is 1. The van der Waals surface area contributed by atoms with E-state index in [0.29, 0.717) is 18.9 Å². The number of aryl methyl sites for hydroxylation is 1. The topological polar surface area (TPSA) is 75.0 Å². The average molecular weight is 336 g/mol. The van der Waals surface area contributed by atoms with E-state index in [1.54, 1.807) is 12.4 Å². The molecule has 0 bridgehead atoms. The van der Waals surface area contributed by atoms with Crippen molar-refractivity contribution in [3.63, 3.8) is 0 Å². The van der Waals surface area contributed by atoms with Crippen LogP contribution in [0.5, 0.6) is 0 Å². The Balaban J connectivity index is 1.56. The van der Waals surface area contributed by atoms with Gasteiger partial charge in [0.25, 0.3) is 5.56 Å². The monoisotopic (exact) mass is 336 g/mol. The van der Waals surface area contributed by atoms with E-state index in [1.807, 2.05) is 24.3 Å². The summed E-state index contributed by atoms with van der Waals surface area (Å²) in [4.78, 5) is 26.4. The van der Waals surface area contributed by atoms with Crippen LogP contribution in [0.15, 0.2) is 45.9 Å². The minimum atomic E-state index is -0.0674. The first-order valence-electron chi connectivity index (χ1n) is 8.55. The zero-order valence-electron chi connectivity index (χ0n) is 14.2. The molecule has 0 aliphatic carbocycles.